The van der Waals surface area contributed by atoms with Crippen LogP contribution in [0.5, 0.6) is 0 Å². The van der Waals surface area contributed by atoms with Crippen LogP contribution in [0.4, 0.5) is 0 Å². The molecule has 0 aromatic carbocycles. The van der Waals surface area contributed by atoms with Crippen molar-refractivity contribution in [1.29, 1.82) is 0 Å². The van der Waals surface area contributed by atoms with E-state index in [0.717, 1.165) is 0 Å². The Hall–Kier alpha value is -1.30. The van der Waals surface area contributed by atoms with E-state index in [9.17, 15) is 30.0 Å². The number of cyclic esters (lactones) is 1. The van der Waals surface area contributed by atoms with E-state index >= 15 is 0 Å². The van der Waals surface area contributed by atoms with Crippen molar-refractivity contribution in [2.24, 2.45) is 23.7 Å². The Morgan fingerprint density at radius 2 is 1.47 bits per heavy atom. The summed E-state index contributed by atoms with van der Waals surface area (Å²) in [6.07, 6.45) is -9.25. The molecule has 0 bridgehead atoms. The van der Waals surface area contributed by atoms with Gasteiger partial charge in [-0.1, -0.05) is 20.8 Å². The molecule has 0 saturated carbocycles. The van der Waals surface area contributed by atoms with E-state index in [2.05, 4.69) is 0 Å². The maximum atomic E-state index is 13.9. The van der Waals surface area contributed by atoms with Crippen molar-refractivity contribution >= 4 is 11.8 Å². The number of Topliss-reactive ketones (excluding diaryl/α,β-unsaturated/α-hetero) is 1. The molecule has 4 saturated heterocycles. The first-order chi connectivity index (χ1) is 22.7. The number of carbonyl (C=O) groups excluding carboxylic acids is 2. The van der Waals surface area contributed by atoms with E-state index < -0.39 is 102 Å². The van der Waals surface area contributed by atoms with Gasteiger partial charge in [-0.25, -0.2) is 0 Å². The molecule has 0 unspecified atom stereocenters. The van der Waals surface area contributed by atoms with Crippen molar-refractivity contribution < 1.29 is 63.2 Å². The summed E-state index contributed by atoms with van der Waals surface area (Å²) in [6, 6.07) is -0.312. The molecule has 0 amide bonds. The highest BCUT2D eigenvalue weighted by Crippen LogP contribution is 2.45. The second kappa shape index (κ2) is 15.7. The molecule has 4 rings (SSSR count). The summed E-state index contributed by atoms with van der Waals surface area (Å²) < 4.78 is 42.5. The highest BCUT2D eigenvalue weighted by molar-refractivity contribution is 5.92. The number of nitrogens with zero attached hydrogens (tertiary/aromatic N) is 1. The molecule has 0 aromatic heterocycles. The van der Waals surface area contributed by atoms with Crippen LogP contribution in [0.15, 0.2) is 0 Å². The number of ether oxygens (including phenoxy) is 7. The molecular formula is C35H61NO13. The fraction of sp³-hybridized carbons (Fsp3) is 0.943. The highest BCUT2D eigenvalue weighted by atomic mass is 16.7. The number of aliphatic hydroxyl groups is 4. The van der Waals surface area contributed by atoms with Crippen molar-refractivity contribution in [3.05, 3.63) is 0 Å². The Kier molecular flexibility index (Phi) is 13.0. The zero-order valence-corrected chi connectivity index (χ0v) is 31.0. The lowest BCUT2D eigenvalue weighted by Gasteiger charge is -2.48. The predicted octanol–water partition coefficient (Wildman–Crippen LogP) is 1.02. The number of ketones is 1. The van der Waals surface area contributed by atoms with Crippen molar-refractivity contribution in [3.8, 4) is 0 Å². The second-order valence-electron chi connectivity index (χ2n) is 15.6. The predicted molar refractivity (Wildman–Crippen MR) is 175 cm³/mol. The van der Waals surface area contributed by atoms with Gasteiger partial charge >= 0.3 is 5.97 Å². The minimum Gasteiger partial charge on any atom is -0.462 e. The summed E-state index contributed by atoms with van der Waals surface area (Å²) >= 11 is 0. The van der Waals surface area contributed by atoms with E-state index in [-0.39, 0.29) is 37.4 Å². The second-order valence-corrected chi connectivity index (χ2v) is 15.6. The van der Waals surface area contributed by atoms with Crippen molar-refractivity contribution in [2.45, 2.75) is 159 Å². The van der Waals surface area contributed by atoms with Crippen LogP contribution >= 0.6 is 0 Å². The van der Waals surface area contributed by atoms with Gasteiger partial charge in [0, 0.05) is 43.7 Å². The summed E-state index contributed by atoms with van der Waals surface area (Å²) in [4.78, 5) is 29.7. The SMILES string of the molecule is CO[C@@H]1C[C@H](O[C@H]2[C@H](C)[C@@H](O[C@H]3O[C@@H](C)C[C@@H](N(C)C)[C@@H]3O)[C@](C)(O)C[C@@]3(CO3)C(=O)[C@H](C)[C@@H](O)[C@@H](C)[C@@H](C)OC(=O)[C@@H]2C)O[C@H](C)[C@H]1O. The number of aliphatic hydroxyl groups excluding tert-OH is 3. The van der Waals surface area contributed by atoms with Gasteiger partial charge in [0.2, 0.25) is 0 Å². The van der Waals surface area contributed by atoms with Crippen molar-refractivity contribution in [3.63, 3.8) is 0 Å². The molecule has 18 atom stereocenters. The summed E-state index contributed by atoms with van der Waals surface area (Å²) in [7, 11) is 5.20. The molecule has 284 valence electrons. The molecule has 4 aliphatic rings. The average molecular weight is 704 g/mol. The first-order valence-corrected chi connectivity index (χ1v) is 17.7. The van der Waals surface area contributed by atoms with Crippen molar-refractivity contribution in [2.75, 3.05) is 27.8 Å². The molecule has 4 N–H and O–H groups in total. The van der Waals surface area contributed by atoms with Crippen LogP contribution in [0, 0.1) is 23.7 Å². The van der Waals surface area contributed by atoms with Crippen molar-refractivity contribution in [1.82, 2.24) is 4.90 Å². The Morgan fingerprint density at radius 1 is 0.837 bits per heavy atom. The van der Waals surface area contributed by atoms with Gasteiger partial charge in [-0.3, -0.25) is 9.59 Å². The minimum absolute atomic E-state index is 0.0478. The van der Waals surface area contributed by atoms with Gasteiger partial charge in [0.15, 0.2) is 24.0 Å². The van der Waals surface area contributed by atoms with Crippen LogP contribution in [-0.4, -0.2) is 150 Å². The lowest BCUT2D eigenvalue weighted by Crippen LogP contribution is -2.60. The maximum absolute atomic E-state index is 13.9. The Morgan fingerprint density at radius 3 is 2.04 bits per heavy atom. The number of methoxy groups -OCH3 is 1. The molecule has 14 heteroatoms. The molecule has 4 aliphatic heterocycles. The lowest BCUT2D eigenvalue weighted by molar-refractivity contribution is -0.311. The summed E-state index contributed by atoms with van der Waals surface area (Å²) in [5, 5.41) is 45.7. The van der Waals surface area contributed by atoms with Gasteiger partial charge in [0.05, 0.1) is 54.7 Å². The number of likely N-dealkylation sites (N-methyl/N-ethyl adjacent to an activating group) is 1. The van der Waals surface area contributed by atoms with E-state index in [1.165, 1.54) is 14.0 Å². The number of hydrogen-bond donors (Lipinski definition) is 4. The van der Waals surface area contributed by atoms with Crippen LogP contribution in [0.2, 0.25) is 0 Å². The fourth-order valence-corrected chi connectivity index (χ4v) is 7.94. The van der Waals surface area contributed by atoms with Crippen LogP contribution < -0.4 is 0 Å². The topological polar surface area (TPSA) is 186 Å². The molecule has 0 radical (unpaired) electrons. The van der Waals surface area contributed by atoms with Gasteiger partial charge in [0.25, 0.3) is 0 Å². The van der Waals surface area contributed by atoms with Gasteiger partial charge < -0.3 is 58.5 Å². The number of rotatable bonds is 6. The quantitative estimate of drug-likeness (QED) is 0.227. The molecule has 4 heterocycles. The van der Waals surface area contributed by atoms with Gasteiger partial charge in [-0.05, 0) is 55.1 Å². The van der Waals surface area contributed by atoms with Gasteiger partial charge in [0.1, 0.15) is 18.3 Å². The van der Waals surface area contributed by atoms with Crippen LogP contribution in [0.3, 0.4) is 0 Å². The van der Waals surface area contributed by atoms with E-state index in [1.54, 1.807) is 41.5 Å². The number of esters is 1. The molecule has 1 spiro atoms. The molecule has 4 fully saturated rings. The summed E-state index contributed by atoms with van der Waals surface area (Å²) in [5.41, 5.74) is -3.19. The summed E-state index contributed by atoms with van der Waals surface area (Å²) in [5.74, 6) is -4.25. The lowest BCUT2D eigenvalue weighted by atomic mass is 9.74. The zero-order valence-electron chi connectivity index (χ0n) is 31.0. The van der Waals surface area contributed by atoms with Gasteiger partial charge in [-0.15, -0.1) is 0 Å². The first kappa shape index (κ1) is 40.5. The number of carbonyl (C=O) groups is 2. The summed E-state index contributed by atoms with van der Waals surface area (Å²) in [6.45, 7) is 13.5. The van der Waals surface area contributed by atoms with Gasteiger partial charge in [-0.2, -0.15) is 0 Å². The molecule has 49 heavy (non-hydrogen) atoms. The monoisotopic (exact) mass is 703 g/mol. The number of hydrogen-bond acceptors (Lipinski definition) is 14. The average Bonchev–Trinajstić information content (AvgIpc) is 3.81. The Bertz CT molecular complexity index is 1130. The zero-order chi connectivity index (χ0) is 36.7. The maximum Gasteiger partial charge on any atom is 0.311 e. The largest absolute Gasteiger partial charge is 0.462 e. The molecule has 0 aromatic rings. The standard InChI is InChI=1S/C35H61NO13/c1-16-12-23(36(9)10)28(39)33(45-16)49-31-19(4)29(48-25-13-24(43-11)27(38)22(7)46-25)20(5)32(41)47-21(6)17(2)26(37)18(3)30(40)35(15-44-35)14-34(31,8)42/h16-29,31,33,37-39,42H,12-15H2,1-11H3/t16-,17-,18+,19-,20+,21+,22+,23+,24+,25-,26-,27+,28-,29-,31+,33+,34+,35+/m0/s1. The third-order valence-corrected chi connectivity index (χ3v) is 11.4. The first-order valence-electron chi connectivity index (χ1n) is 17.7. The Labute approximate surface area is 290 Å². The molecule has 0 aliphatic carbocycles. The minimum atomic E-state index is -1.81. The number of epoxide rings is 1. The normalized spacial score (nSPS) is 50.6. The molecular weight excluding hydrogens is 642 g/mol. The van der Waals surface area contributed by atoms with Crippen LogP contribution in [0.25, 0.3) is 0 Å². The highest BCUT2D eigenvalue weighted by Gasteiger charge is 2.60. The van der Waals surface area contributed by atoms with E-state index in [0.29, 0.717) is 6.42 Å². The van der Waals surface area contributed by atoms with Crippen LogP contribution in [0.1, 0.15) is 74.7 Å². The third-order valence-electron chi connectivity index (χ3n) is 11.4. The molecule has 14 nitrogen and oxygen atoms in total. The Balaban J connectivity index is 1.79. The fourth-order valence-electron chi connectivity index (χ4n) is 7.94. The van der Waals surface area contributed by atoms with E-state index in [1.807, 2.05) is 25.9 Å². The van der Waals surface area contributed by atoms with E-state index in [4.69, 9.17) is 33.2 Å². The van der Waals surface area contributed by atoms with Crippen LogP contribution in [-0.2, 0) is 42.7 Å². The smallest absolute Gasteiger partial charge is 0.311 e. The third kappa shape index (κ3) is 8.68.